The van der Waals surface area contributed by atoms with E-state index in [0.29, 0.717) is 16.5 Å². The molecule has 1 amide bonds. The molecule has 2 aromatic heterocycles. The highest BCUT2D eigenvalue weighted by Crippen LogP contribution is 2.23. The van der Waals surface area contributed by atoms with Gasteiger partial charge >= 0.3 is 5.97 Å². The molecule has 142 valence electrons. The molecule has 7 nitrogen and oxygen atoms in total. The van der Waals surface area contributed by atoms with Crippen molar-refractivity contribution in [3.8, 4) is 11.6 Å². The lowest BCUT2D eigenvalue weighted by atomic mass is 10.2. The first-order chi connectivity index (χ1) is 13.5. The highest BCUT2D eigenvalue weighted by molar-refractivity contribution is 6.30. The minimum atomic E-state index is -1.03. The first-order valence-electron chi connectivity index (χ1n) is 8.33. The molecule has 28 heavy (non-hydrogen) atoms. The van der Waals surface area contributed by atoms with Crippen LogP contribution in [0.25, 0.3) is 0 Å². The van der Waals surface area contributed by atoms with E-state index in [0.717, 1.165) is 0 Å². The van der Waals surface area contributed by atoms with Gasteiger partial charge in [-0.3, -0.25) is 9.78 Å². The molecule has 8 heteroatoms. The Kier molecular flexibility index (Phi) is 6.18. The van der Waals surface area contributed by atoms with Crippen molar-refractivity contribution in [1.82, 2.24) is 9.97 Å². The molecule has 1 aromatic carbocycles. The van der Waals surface area contributed by atoms with Gasteiger partial charge in [-0.25, -0.2) is 9.78 Å². The number of aromatic nitrogens is 2. The summed E-state index contributed by atoms with van der Waals surface area (Å²) in [5.74, 6) is -0.727. The molecule has 0 aliphatic carbocycles. The van der Waals surface area contributed by atoms with Crippen molar-refractivity contribution in [2.45, 2.75) is 13.0 Å². The lowest BCUT2D eigenvalue weighted by Crippen LogP contribution is -2.30. The van der Waals surface area contributed by atoms with Crippen LogP contribution in [0.15, 0.2) is 67.1 Å². The van der Waals surface area contributed by atoms with Gasteiger partial charge in [-0.1, -0.05) is 11.6 Å². The fraction of sp³-hybridized carbons (Fsp3) is 0.100. The highest BCUT2D eigenvalue weighted by Gasteiger charge is 2.22. The Balaban J connectivity index is 1.67. The average molecular weight is 398 g/mol. The minimum Gasteiger partial charge on any atom is -0.449 e. The van der Waals surface area contributed by atoms with Crippen molar-refractivity contribution in [3.63, 3.8) is 0 Å². The smallest absolute Gasteiger partial charge is 0.344 e. The van der Waals surface area contributed by atoms with Crippen LogP contribution in [0.4, 0.5) is 5.69 Å². The number of halogens is 1. The molecular formula is C20H16ClN3O4. The van der Waals surface area contributed by atoms with Gasteiger partial charge in [0, 0.05) is 23.1 Å². The van der Waals surface area contributed by atoms with E-state index in [9.17, 15) is 9.59 Å². The van der Waals surface area contributed by atoms with Crippen LogP contribution < -0.4 is 10.1 Å². The highest BCUT2D eigenvalue weighted by atomic mass is 35.5. The average Bonchev–Trinajstić information content (AvgIpc) is 2.70. The number of pyridine rings is 2. The Morgan fingerprint density at radius 3 is 2.54 bits per heavy atom. The zero-order valence-electron chi connectivity index (χ0n) is 14.8. The predicted molar refractivity (Wildman–Crippen MR) is 104 cm³/mol. The summed E-state index contributed by atoms with van der Waals surface area (Å²) in [4.78, 5) is 32.8. The van der Waals surface area contributed by atoms with E-state index in [4.69, 9.17) is 21.1 Å². The summed E-state index contributed by atoms with van der Waals surface area (Å²) in [5.41, 5.74) is 0.636. The summed E-state index contributed by atoms with van der Waals surface area (Å²) in [7, 11) is 0. The lowest BCUT2D eigenvalue weighted by molar-refractivity contribution is -0.123. The molecule has 1 atom stereocenters. The number of rotatable bonds is 6. The van der Waals surface area contributed by atoms with Gasteiger partial charge in [-0.2, -0.15) is 0 Å². The summed E-state index contributed by atoms with van der Waals surface area (Å²) < 4.78 is 10.9. The quantitative estimate of drug-likeness (QED) is 0.629. The predicted octanol–water partition coefficient (Wildman–Crippen LogP) is 4.11. The molecule has 3 rings (SSSR count). The van der Waals surface area contributed by atoms with E-state index in [1.807, 2.05) is 0 Å². The number of carbonyl (C=O) groups is 2. The summed E-state index contributed by atoms with van der Waals surface area (Å²) in [6.07, 6.45) is 3.54. The van der Waals surface area contributed by atoms with E-state index in [2.05, 4.69) is 15.3 Å². The van der Waals surface area contributed by atoms with E-state index in [1.165, 1.54) is 25.4 Å². The molecule has 0 aliphatic heterocycles. The van der Waals surface area contributed by atoms with E-state index >= 15 is 0 Å². The second kappa shape index (κ2) is 8.96. The number of hydrogen-bond donors (Lipinski definition) is 1. The fourth-order valence-electron chi connectivity index (χ4n) is 2.20. The topological polar surface area (TPSA) is 90.4 Å². The molecular weight excluding hydrogens is 382 g/mol. The van der Waals surface area contributed by atoms with Crippen molar-refractivity contribution in [3.05, 3.63) is 77.7 Å². The Morgan fingerprint density at radius 1 is 1.07 bits per heavy atom. The van der Waals surface area contributed by atoms with Gasteiger partial charge in [0.05, 0.1) is 6.20 Å². The monoisotopic (exact) mass is 397 g/mol. The third kappa shape index (κ3) is 5.05. The van der Waals surface area contributed by atoms with Gasteiger partial charge in [-0.05, 0) is 55.5 Å². The van der Waals surface area contributed by atoms with Crippen molar-refractivity contribution >= 4 is 29.2 Å². The molecule has 1 unspecified atom stereocenters. The van der Waals surface area contributed by atoms with Crippen LogP contribution in [0.3, 0.4) is 0 Å². The normalized spacial score (nSPS) is 11.4. The molecule has 0 saturated carbocycles. The second-order valence-corrected chi connectivity index (χ2v) is 6.13. The Hall–Kier alpha value is -3.45. The zero-order chi connectivity index (χ0) is 19.9. The Labute approximate surface area is 166 Å². The molecule has 0 radical (unpaired) electrons. The SMILES string of the molecule is CC(OC(=O)c1cccnc1Oc1cccnc1)C(=O)Nc1ccc(Cl)cc1. The van der Waals surface area contributed by atoms with Crippen molar-refractivity contribution < 1.29 is 19.1 Å². The number of benzene rings is 1. The number of hydrogen-bond acceptors (Lipinski definition) is 6. The van der Waals surface area contributed by atoms with Crippen molar-refractivity contribution in [1.29, 1.82) is 0 Å². The number of nitrogens with one attached hydrogen (secondary N) is 1. The first kappa shape index (κ1) is 19.3. The molecule has 0 saturated heterocycles. The Morgan fingerprint density at radius 2 is 1.82 bits per heavy atom. The maximum Gasteiger partial charge on any atom is 0.344 e. The summed E-state index contributed by atoms with van der Waals surface area (Å²) in [6, 6.07) is 13.0. The van der Waals surface area contributed by atoms with E-state index in [-0.39, 0.29) is 11.4 Å². The molecule has 1 N–H and O–H groups in total. The minimum absolute atomic E-state index is 0.0609. The molecule has 0 aliphatic rings. The van der Waals surface area contributed by atoms with Crippen LogP contribution in [-0.2, 0) is 9.53 Å². The maximum atomic E-state index is 12.5. The van der Waals surface area contributed by atoms with Crippen molar-refractivity contribution in [2.75, 3.05) is 5.32 Å². The van der Waals surface area contributed by atoms with Crippen molar-refractivity contribution in [2.24, 2.45) is 0 Å². The van der Waals surface area contributed by atoms with Crippen LogP contribution in [0.1, 0.15) is 17.3 Å². The van der Waals surface area contributed by atoms with Crippen LogP contribution >= 0.6 is 11.6 Å². The van der Waals surface area contributed by atoms with Crippen LogP contribution in [0, 0.1) is 0 Å². The third-order valence-electron chi connectivity index (χ3n) is 3.60. The number of esters is 1. The fourth-order valence-corrected chi connectivity index (χ4v) is 2.33. The van der Waals surface area contributed by atoms with Crippen LogP contribution in [0.5, 0.6) is 11.6 Å². The number of carbonyl (C=O) groups excluding carboxylic acids is 2. The molecule has 3 aromatic rings. The largest absolute Gasteiger partial charge is 0.449 e. The van der Waals surface area contributed by atoms with Crippen LogP contribution in [0.2, 0.25) is 5.02 Å². The van der Waals surface area contributed by atoms with Gasteiger partial charge in [-0.15, -0.1) is 0 Å². The van der Waals surface area contributed by atoms with Gasteiger partial charge in [0.25, 0.3) is 5.91 Å². The summed E-state index contributed by atoms with van der Waals surface area (Å²) in [6.45, 7) is 1.47. The Bertz CT molecular complexity index is 965. The second-order valence-electron chi connectivity index (χ2n) is 5.69. The van der Waals surface area contributed by atoms with Gasteiger partial charge in [0.15, 0.2) is 6.10 Å². The first-order valence-corrected chi connectivity index (χ1v) is 8.71. The van der Waals surface area contributed by atoms with Gasteiger partial charge < -0.3 is 14.8 Å². The number of anilines is 1. The summed E-state index contributed by atoms with van der Waals surface area (Å²) >= 11 is 5.82. The maximum absolute atomic E-state index is 12.5. The zero-order valence-corrected chi connectivity index (χ0v) is 15.6. The summed E-state index contributed by atoms with van der Waals surface area (Å²) in [5, 5.41) is 3.20. The van der Waals surface area contributed by atoms with Gasteiger partial charge in [0.2, 0.25) is 5.88 Å². The van der Waals surface area contributed by atoms with Gasteiger partial charge in [0.1, 0.15) is 11.3 Å². The standard InChI is InChI=1S/C20H16ClN3O4/c1-13(18(25)24-15-8-6-14(21)7-9-15)27-20(26)17-5-3-11-23-19(17)28-16-4-2-10-22-12-16/h2-13H,1H3,(H,24,25). The van der Waals surface area contributed by atoms with E-state index in [1.54, 1.807) is 48.7 Å². The molecule has 0 bridgehead atoms. The van der Waals surface area contributed by atoms with Crippen LogP contribution in [-0.4, -0.2) is 27.9 Å². The lowest BCUT2D eigenvalue weighted by Gasteiger charge is -2.15. The number of ether oxygens (including phenoxy) is 2. The number of nitrogens with zero attached hydrogens (tertiary/aromatic N) is 2. The molecule has 0 spiro atoms. The van der Waals surface area contributed by atoms with E-state index < -0.39 is 18.0 Å². The molecule has 2 heterocycles. The molecule has 0 fully saturated rings. The number of amides is 1. The third-order valence-corrected chi connectivity index (χ3v) is 3.86.